The van der Waals surface area contributed by atoms with Gasteiger partial charge in [0, 0.05) is 6.54 Å². The van der Waals surface area contributed by atoms with Crippen molar-refractivity contribution in [1.29, 1.82) is 0 Å². The molecule has 1 rings (SSSR count). The second-order valence-electron chi connectivity index (χ2n) is 4.19. The highest BCUT2D eigenvalue weighted by molar-refractivity contribution is 7.89. The average Bonchev–Trinajstić information content (AvgIpc) is 2.78. The van der Waals surface area contributed by atoms with Gasteiger partial charge in [-0.1, -0.05) is 0 Å². The fraction of sp³-hybridized carbons (Fsp3) is 0.600. The maximum absolute atomic E-state index is 11.4. The second kappa shape index (κ2) is 5.81. The van der Waals surface area contributed by atoms with E-state index in [1.807, 2.05) is 0 Å². The lowest BCUT2D eigenvalue weighted by molar-refractivity contribution is 0.00223. The molecule has 0 bridgehead atoms. The van der Waals surface area contributed by atoms with E-state index in [1.54, 1.807) is 0 Å². The summed E-state index contributed by atoms with van der Waals surface area (Å²) in [5.74, 6) is 0.428. The minimum Gasteiger partial charge on any atom is -0.447 e. The van der Waals surface area contributed by atoms with Gasteiger partial charge in [-0.05, 0) is 26.1 Å². The Balaban J connectivity index is 2.56. The van der Waals surface area contributed by atoms with Gasteiger partial charge >= 0.3 is 0 Å². The molecule has 4 N–H and O–H groups in total. The molecule has 0 aromatic carbocycles. The van der Waals surface area contributed by atoms with Crippen molar-refractivity contribution in [2.24, 2.45) is 0 Å². The number of furan rings is 1. The largest absolute Gasteiger partial charge is 0.447 e. The van der Waals surface area contributed by atoms with Crippen LogP contribution >= 0.6 is 0 Å². The molecule has 1 aromatic heterocycles. The molecular weight excluding hydrogens is 260 g/mol. The lowest BCUT2D eigenvalue weighted by Crippen LogP contribution is -2.40. The molecule has 1 atom stereocenters. The quantitative estimate of drug-likeness (QED) is 0.510. The molecule has 0 saturated carbocycles. The first kappa shape index (κ1) is 15.1. The highest BCUT2D eigenvalue weighted by Gasteiger charge is 2.19. The van der Waals surface area contributed by atoms with Crippen LogP contribution in [-0.4, -0.2) is 44.4 Å². The molecular formula is C10H18N2O5S. The molecule has 8 heteroatoms. The van der Waals surface area contributed by atoms with Crippen molar-refractivity contribution in [3.05, 3.63) is 17.9 Å². The summed E-state index contributed by atoms with van der Waals surface area (Å²) in [6, 6.07) is 2.89. The van der Waals surface area contributed by atoms with Crippen LogP contribution in [0.2, 0.25) is 0 Å². The van der Waals surface area contributed by atoms with Gasteiger partial charge in [0.15, 0.2) is 0 Å². The van der Waals surface area contributed by atoms with E-state index in [0.717, 1.165) is 0 Å². The number of aliphatic hydroxyl groups is 2. The molecule has 7 nitrogen and oxygen atoms in total. The summed E-state index contributed by atoms with van der Waals surface area (Å²) in [5, 5.41) is 21.1. The minimum atomic E-state index is -3.57. The highest BCUT2D eigenvalue weighted by Crippen LogP contribution is 2.13. The molecule has 0 radical (unpaired) electrons. The zero-order valence-corrected chi connectivity index (χ0v) is 11.1. The standard InChI is InChI=1S/C10H18N2O5S/c1-10(14,7-13)6-12-5-8-3-4-9(17-8)18(15,16)11-2/h3-4,11-14H,5-7H2,1-2H3. The molecule has 18 heavy (non-hydrogen) atoms. The topological polar surface area (TPSA) is 112 Å². The maximum atomic E-state index is 11.4. The SMILES string of the molecule is CNS(=O)(=O)c1ccc(CNCC(C)(O)CO)o1. The van der Waals surface area contributed by atoms with Crippen molar-refractivity contribution in [2.75, 3.05) is 20.2 Å². The monoisotopic (exact) mass is 278 g/mol. The summed E-state index contributed by atoms with van der Waals surface area (Å²) < 4.78 is 30.1. The normalized spacial score (nSPS) is 15.6. The van der Waals surface area contributed by atoms with Crippen molar-refractivity contribution in [3.63, 3.8) is 0 Å². The van der Waals surface area contributed by atoms with Crippen LogP contribution in [0.15, 0.2) is 21.6 Å². The number of nitrogens with one attached hydrogen (secondary N) is 2. The van der Waals surface area contributed by atoms with Crippen LogP contribution in [0.3, 0.4) is 0 Å². The van der Waals surface area contributed by atoms with Gasteiger partial charge in [0.1, 0.15) is 5.76 Å². The van der Waals surface area contributed by atoms with Gasteiger partial charge in [0.05, 0.1) is 18.8 Å². The van der Waals surface area contributed by atoms with Crippen LogP contribution in [0.5, 0.6) is 0 Å². The predicted octanol–water partition coefficient (Wildman–Crippen LogP) is -0.979. The fourth-order valence-electron chi connectivity index (χ4n) is 1.21. The molecule has 0 spiro atoms. The zero-order chi connectivity index (χ0) is 13.8. The van der Waals surface area contributed by atoms with Crippen LogP contribution in [0, 0.1) is 0 Å². The highest BCUT2D eigenvalue weighted by atomic mass is 32.2. The van der Waals surface area contributed by atoms with Gasteiger partial charge in [-0.2, -0.15) is 0 Å². The molecule has 1 aromatic rings. The first-order valence-corrected chi connectivity index (χ1v) is 6.85. The summed E-state index contributed by atoms with van der Waals surface area (Å²) >= 11 is 0. The van der Waals surface area contributed by atoms with Crippen molar-refractivity contribution < 1.29 is 23.0 Å². The molecule has 0 fully saturated rings. The lowest BCUT2D eigenvalue weighted by Gasteiger charge is -2.20. The molecule has 0 saturated heterocycles. The van der Waals surface area contributed by atoms with Crippen LogP contribution in [0.25, 0.3) is 0 Å². The second-order valence-corrected chi connectivity index (χ2v) is 6.00. The van der Waals surface area contributed by atoms with E-state index in [1.165, 1.54) is 26.1 Å². The summed E-state index contributed by atoms with van der Waals surface area (Å²) in [6.07, 6.45) is 0. The van der Waals surface area contributed by atoms with E-state index in [9.17, 15) is 13.5 Å². The van der Waals surface area contributed by atoms with Crippen LogP contribution in [0.4, 0.5) is 0 Å². The molecule has 104 valence electrons. The van der Waals surface area contributed by atoms with Crippen LogP contribution in [0.1, 0.15) is 12.7 Å². The van der Waals surface area contributed by atoms with Crippen molar-refractivity contribution >= 4 is 10.0 Å². The van der Waals surface area contributed by atoms with Gasteiger partial charge in [0.2, 0.25) is 5.09 Å². The van der Waals surface area contributed by atoms with E-state index in [0.29, 0.717) is 5.76 Å². The number of hydrogen-bond acceptors (Lipinski definition) is 6. The molecule has 0 aliphatic heterocycles. The smallest absolute Gasteiger partial charge is 0.273 e. The van der Waals surface area contributed by atoms with Gasteiger partial charge in [0.25, 0.3) is 10.0 Å². The van der Waals surface area contributed by atoms with Crippen LogP contribution in [-0.2, 0) is 16.6 Å². The molecule has 0 amide bonds. The lowest BCUT2D eigenvalue weighted by atomic mass is 10.1. The first-order valence-electron chi connectivity index (χ1n) is 5.37. The summed E-state index contributed by atoms with van der Waals surface area (Å²) in [4.78, 5) is 0. The first-order chi connectivity index (χ1) is 8.30. The molecule has 0 aliphatic carbocycles. The maximum Gasteiger partial charge on any atom is 0.273 e. The van der Waals surface area contributed by atoms with E-state index in [4.69, 9.17) is 9.52 Å². The molecule has 1 unspecified atom stereocenters. The Kier molecular flexibility index (Phi) is 4.88. The fourth-order valence-corrected chi connectivity index (χ4v) is 1.87. The van der Waals surface area contributed by atoms with E-state index >= 15 is 0 Å². The van der Waals surface area contributed by atoms with Crippen molar-refractivity contribution in [1.82, 2.24) is 10.0 Å². The number of aliphatic hydroxyl groups excluding tert-OH is 1. The zero-order valence-electron chi connectivity index (χ0n) is 10.3. The van der Waals surface area contributed by atoms with Gasteiger partial charge in [-0.25, -0.2) is 13.1 Å². The average molecular weight is 278 g/mol. The predicted molar refractivity (Wildman–Crippen MR) is 64.4 cm³/mol. The summed E-state index contributed by atoms with van der Waals surface area (Å²) in [7, 11) is -2.27. The van der Waals surface area contributed by atoms with Gasteiger partial charge in [-0.15, -0.1) is 0 Å². The van der Waals surface area contributed by atoms with E-state index < -0.39 is 15.6 Å². The third-order valence-corrected chi connectivity index (χ3v) is 3.60. The Bertz CT molecular complexity index is 480. The Morgan fingerprint density at radius 2 is 2.11 bits per heavy atom. The number of rotatable bonds is 7. The summed E-state index contributed by atoms with van der Waals surface area (Å²) in [6.45, 7) is 1.55. The third-order valence-electron chi connectivity index (χ3n) is 2.32. The number of hydrogen-bond donors (Lipinski definition) is 4. The van der Waals surface area contributed by atoms with Crippen molar-refractivity contribution in [2.45, 2.75) is 24.2 Å². The van der Waals surface area contributed by atoms with Crippen molar-refractivity contribution in [3.8, 4) is 0 Å². The van der Waals surface area contributed by atoms with Gasteiger partial charge < -0.3 is 19.9 Å². The van der Waals surface area contributed by atoms with E-state index in [-0.39, 0.29) is 24.8 Å². The Hall–Kier alpha value is -0.930. The van der Waals surface area contributed by atoms with E-state index in [2.05, 4.69) is 10.0 Å². The number of sulfonamides is 1. The Labute approximate surface area is 106 Å². The molecule has 1 heterocycles. The Morgan fingerprint density at radius 3 is 2.67 bits per heavy atom. The third kappa shape index (κ3) is 4.07. The molecule has 0 aliphatic rings. The van der Waals surface area contributed by atoms with Crippen LogP contribution < -0.4 is 10.0 Å². The minimum absolute atomic E-state index is 0.157. The Morgan fingerprint density at radius 1 is 1.44 bits per heavy atom. The summed E-state index contributed by atoms with van der Waals surface area (Å²) in [5.41, 5.74) is -1.22. The van der Waals surface area contributed by atoms with Gasteiger partial charge in [-0.3, -0.25) is 0 Å².